The molecule has 1 atom stereocenters. The van der Waals surface area contributed by atoms with E-state index in [1.54, 1.807) is 36.5 Å². The molecule has 7 nitrogen and oxygen atoms in total. The van der Waals surface area contributed by atoms with Gasteiger partial charge in [0.15, 0.2) is 0 Å². The minimum atomic E-state index is -1.18. The molecule has 1 aromatic heterocycles. The van der Waals surface area contributed by atoms with Crippen molar-refractivity contribution in [3.05, 3.63) is 126 Å². The van der Waals surface area contributed by atoms with Gasteiger partial charge < -0.3 is 19.9 Å². The molecule has 0 unspecified atom stereocenters. The van der Waals surface area contributed by atoms with Gasteiger partial charge in [0.1, 0.15) is 40.6 Å². The van der Waals surface area contributed by atoms with Gasteiger partial charge in [-0.05, 0) is 94.7 Å². The topological polar surface area (TPSA) is 97.8 Å². The van der Waals surface area contributed by atoms with E-state index >= 15 is 0 Å². The third-order valence-corrected chi connectivity index (χ3v) is 6.90. The third kappa shape index (κ3) is 7.54. The molecule has 0 aliphatic heterocycles. The van der Waals surface area contributed by atoms with Crippen LogP contribution >= 0.6 is 0 Å². The number of carboxylic acid groups (broad SMARTS) is 1. The lowest BCUT2D eigenvalue weighted by Crippen LogP contribution is -2.42. The van der Waals surface area contributed by atoms with Crippen molar-refractivity contribution in [1.29, 1.82) is 0 Å². The summed E-state index contributed by atoms with van der Waals surface area (Å²) in [6.45, 7) is 6.45. The summed E-state index contributed by atoms with van der Waals surface area (Å²) in [5.41, 5.74) is 2.01. The highest BCUT2D eigenvalue weighted by Gasteiger charge is 2.22. The number of aliphatic carboxylic acids is 1. The van der Waals surface area contributed by atoms with Gasteiger partial charge in [0, 0.05) is 18.0 Å². The molecule has 0 aliphatic rings. The van der Waals surface area contributed by atoms with Crippen LogP contribution < -0.4 is 14.8 Å². The van der Waals surface area contributed by atoms with E-state index in [2.05, 4.69) is 31.1 Å². The molecule has 5 aromatic rings. The molecule has 218 valence electrons. The van der Waals surface area contributed by atoms with Crippen molar-refractivity contribution in [3.8, 4) is 23.0 Å². The first-order chi connectivity index (χ1) is 20.5. The lowest BCUT2D eigenvalue weighted by Gasteiger charge is -2.19. The van der Waals surface area contributed by atoms with Crippen molar-refractivity contribution >= 4 is 22.6 Å². The number of carbonyl (C=O) groups is 2. The van der Waals surface area contributed by atoms with Gasteiger partial charge in [0.05, 0.1) is 0 Å². The number of nitrogens with zero attached hydrogens (tertiary/aromatic N) is 1. The number of hydrogen-bond acceptors (Lipinski definition) is 5. The number of benzene rings is 4. The summed E-state index contributed by atoms with van der Waals surface area (Å²) in [7, 11) is 0. The predicted molar refractivity (Wildman–Crippen MR) is 162 cm³/mol. The molecule has 5 rings (SSSR count). The second-order valence-electron chi connectivity index (χ2n) is 11.2. The second-order valence-corrected chi connectivity index (χ2v) is 11.2. The van der Waals surface area contributed by atoms with Gasteiger partial charge in [0.2, 0.25) is 0 Å². The van der Waals surface area contributed by atoms with Gasteiger partial charge in [0.25, 0.3) is 5.91 Å². The van der Waals surface area contributed by atoms with Crippen LogP contribution in [-0.4, -0.2) is 28.0 Å². The summed E-state index contributed by atoms with van der Waals surface area (Å²) >= 11 is 0. The van der Waals surface area contributed by atoms with Crippen molar-refractivity contribution in [3.63, 3.8) is 0 Å². The van der Waals surface area contributed by atoms with E-state index < -0.39 is 17.9 Å². The average molecular weight is 579 g/mol. The zero-order chi connectivity index (χ0) is 30.6. The van der Waals surface area contributed by atoms with Gasteiger partial charge in [-0.2, -0.15) is 0 Å². The van der Waals surface area contributed by atoms with Crippen molar-refractivity contribution in [1.82, 2.24) is 10.3 Å². The molecule has 0 aliphatic carbocycles. The predicted octanol–water partition coefficient (Wildman–Crippen LogP) is 7.68. The highest BCUT2D eigenvalue weighted by molar-refractivity contribution is 5.98. The Kier molecular flexibility index (Phi) is 8.39. The molecule has 0 saturated carbocycles. The summed E-state index contributed by atoms with van der Waals surface area (Å²) in [6, 6.07) is 26.3. The highest BCUT2D eigenvalue weighted by Crippen LogP contribution is 2.29. The third-order valence-electron chi connectivity index (χ3n) is 6.90. The maximum atomic E-state index is 13.1. The van der Waals surface area contributed by atoms with E-state index in [4.69, 9.17) is 9.47 Å². The normalized spacial score (nSPS) is 12.0. The van der Waals surface area contributed by atoms with E-state index in [9.17, 15) is 19.1 Å². The minimum absolute atomic E-state index is 0.0386. The van der Waals surface area contributed by atoms with Gasteiger partial charge in [-0.25, -0.2) is 9.18 Å². The van der Waals surface area contributed by atoms with Crippen LogP contribution in [0, 0.1) is 5.82 Å². The van der Waals surface area contributed by atoms with Crippen molar-refractivity contribution < 1.29 is 28.6 Å². The minimum Gasteiger partial charge on any atom is -0.480 e. The van der Waals surface area contributed by atoms with Crippen LogP contribution in [0.25, 0.3) is 10.8 Å². The summed E-state index contributed by atoms with van der Waals surface area (Å²) in [6.07, 6.45) is 1.62. The first kappa shape index (κ1) is 29.3. The molecule has 8 heteroatoms. The van der Waals surface area contributed by atoms with Crippen LogP contribution in [0.2, 0.25) is 0 Å². The molecule has 43 heavy (non-hydrogen) atoms. The number of carbonyl (C=O) groups excluding carboxylic acids is 1. The Hall–Kier alpha value is -5.24. The lowest BCUT2D eigenvalue weighted by atomic mass is 9.87. The molecule has 1 heterocycles. The largest absolute Gasteiger partial charge is 0.480 e. The number of aromatic nitrogens is 1. The van der Waals surface area contributed by atoms with Crippen molar-refractivity contribution in [2.45, 2.75) is 38.6 Å². The van der Waals surface area contributed by atoms with E-state index in [1.807, 2.05) is 42.5 Å². The van der Waals surface area contributed by atoms with E-state index in [0.29, 0.717) is 28.6 Å². The molecule has 0 fully saturated rings. The first-order valence-electron chi connectivity index (χ1n) is 13.8. The molecule has 0 radical (unpaired) electrons. The summed E-state index contributed by atoms with van der Waals surface area (Å²) < 4.78 is 24.8. The average Bonchev–Trinajstić information content (AvgIpc) is 2.98. The van der Waals surface area contributed by atoms with E-state index in [-0.39, 0.29) is 23.3 Å². The molecule has 1 amide bonds. The molecule has 0 bridgehead atoms. The lowest BCUT2D eigenvalue weighted by molar-refractivity contribution is -0.139. The monoisotopic (exact) mass is 578 g/mol. The number of halogens is 1. The van der Waals surface area contributed by atoms with E-state index in [0.717, 1.165) is 10.8 Å². The van der Waals surface area contributed by atoms with Crippen LogP contribution in [0.5, 0.6) is 23.0 Å². The van der Waals surface area contributed by atoms with Crippen LogP contribution in [0.4, 0.5) is 4.39 Å². The Labute approximate surface area is 248 Å². The first-order valence-corrected chi connectivity index (χ1v) is 13.8. The Morgan fingerprint density at radius 1 is 0.791 bits per heavy atom. The SMILES string of the molecule is CC(C)(C)c1ccc(Oc2ccc3cnc(C(=O)N[C@@H](Cc4ccc(Oc5ccc(F)cc5)cc4)C(=O)O)cc3c2)cc1. The van der Waals surface area contributed by atoms with Crippen molar-refractivity contribution in [2.75, 3.05) is 0 Å². The van der Waals surface area contributed by atoms with E-state index in [1.165, 1.54) is 29.8 Å². The fraction of sp³-hybridized carbons (Fsp3) is 0.171. The zero-order valence-electron chi connectivity index (χ0n) is 24.0. The van der Waals surface area contributed by atoms with Gasteiger partial charge >= 0.3 is 5.97 Å². The van der Waals surface area contributed by atoms with Crippen LogP contribution in [0.1, 0.15) is 42.4 Å². The molecular formula is C35H31FN2O5. The quantitative estimate of drug-likeness (QED) is 0.186. The highest BCUT2D eigenvalue weighted by atomic mass is 19.1. The van der Waals surface area contributed by atoms with Crippen LogP contribution in [0.15, 0.2) is 103 Å². The fourth-order valence-electron chi connectivity index (χ4n) is 4.47. The standard InChI is InChI=1S/C35H31FN2O5/c1-35(2,3)25-7-14-28(15-8-25)43-30-13-6-23-21-37-31(20-24(23)19-30)33(39)38-32(34(40)41)18-22-4-11-27(12-5-22)42-29-16-9-26(36)10-17-29/h4-17,19-21,32H,18H2,1-3H3,(H,38,39)(H,40,41)/t32-/m0/s1. The number of pyridine rings is 1. The fourth-order valence-corrected chi connectivity index (χ4v) is 4.47. The molecular weight excluding hydrogens is 547 g/mol. The van der Waals surface area contributed by atoms with Crippen LogP contribution in [-0.2, 0) is 16.6 Å². The number of carboxylic acids is 1. The Bertz CT molecular complexity index is 1750. The smallest absolute Gasteiger partial charge is 0.326 e. The number of rotatable bonds is 9. The molecule has 2 N–H and O–H groups in total. The number of amides is 1. The Morgan fingerprint density at radius 3 is 1.95 bits per heavy atom. The van der Waals surface area contributed by atoms with Gasteiger partial charge in [-0.1, -0.05) is 45.0 Å². The Balaban J connectivity index is 1.25. The number of ether oxygens (including phenoxy) is 2. The summed E-state index contributed by atoms with van der Waals surface area (Å²) in [5, 5.41) is 13.9. The number of nitrogens with one attached hydrogen (secondary N) is 1. The zero-order valence-corrected chi connectivity index (χ0v) is 24.0. The van der Waals surface area contributed by atoms with Gasteiger partial charge in [-0.15, -0.1) is 0 Å². The molecule has 0 spiro atoms. The molecule has 4 aromatic carbocycles. The van der Waals surface area contributed by atoms with Crippen LogP contribution in [0.3, 0.4) is 0 Å². The Morgan fingerprint density at radius 2 is 1.35 bits per heavy atom. The summed E-state index contributed by atoms with van der Waals surface area (Å²) in [4.78, 5) is 29.3. The number of fused-ring (bicyclic) bond motifs is 1. The molecule has 0 saturated heterocycles. The second kappa shape index (κ2) is 12.3. The summed E-state index contributed by atoms with van der Waals surface area (Å²) in [5.74, 6) is 0.143. The maximum absolute atomic E-state index is 13.1. The van der Waals surface area contributed by atoms with Gasteiger partial charge in [-0.3, -0.25) is 9.78 Å². The van der Waals surface area contributed by atoms with Crippen molar-refractivity contribution in [2.24, 2.45) is 0 Å². The number of hydrogen-bond donors (Lipinski definition) is 2. The maximum Gasteiger partial charge on any atom is 0.326 e.